The molecule has 0 aliphatic carbocycles. The number of imidazole rings is 1. The molecule has 118 valence electrons. The van der Waals surface area contributed by atoms with Crippen LogP contribution in [-0.2, 0) is 4.74 Å². The van der Waals surface area contributed by atoms with Crippen LogP contribution < -0.4 is 11.2 Å². The molecule has 0 unspecified atom stereocenters. The Hall–Kier alpha value is -2.26. The molecule has 2 rings (SSSR count). The lowest BCUT2D eigenvalue weighted by Crippen LogP contribution is -2.42. The summed E-state index contributed by atoms with van der Waals surface area (Å²) < 4.78 is 5.80. The average molecular weight is 323 g/mol. The highest BCUT2D eigenvalue weighted by atomic mass is 32.2. The summed E-state index contributed by atoms with van der Waals surface area (Å²) in [5, 5.41) is 3.51. The van der Waals surface area contributed by atoms with Crippen molar-refractivity contribution in [1.82, 2.24) is 14.6 Å². The third-order valence-corrected chi connectivity index (χ3v) is 3.52. The van der Waals surface area contributed by atoms with Gasteiger partial charge in [0.1, 0.15) is 0 Å². The third kappa shape index (κ3) is 3.31. The molecule has 1 aromatic carbocycles. The van der Waals surface area contributed by atoms with Crippen LogP contribution in [0.4, 0.5) is 15.5 Å². The van der Waals surface area contributed by atoms with Crippen LogP contribution in [-0.4, -0.2) is 52.3 Å². The first-order valence-corrected chi connectivity index (χ1v) is 7.85. The molecule has 0 saturated heterocycles. The second-order valence-corrected chi connectivity index (χ2v) is 5.33. The molecule has 0 atom stereocenters. The number of benzene rings is 1. The van der Waals surface area contributed by atoms with Gasteiger partial charge >= 0.3 is 12.1 Å². The van der Waals surface area contributed by atoms with Gasteiger partial charge in [0.15, 0.2) is 0 Å². The fourth-order valence-electron chi connectivity index (χ4n) is 1.86. The van der Waals surface area contributed by atoms with Gasteiger partial charge in [-0.05, 0) is 18.4 Å². The van der Waals surface area contributed by atoms with Crippen molar-refractivity contribution in [2.75, 3.05) is 31.0 Å². The van der Waals surface area contributed by atoms with Crippen molar-refractivity contribution in [3.05, 3.63) is 24.3 Å². The number of amides is 2. The summed E-state index contributed by atoms with van der Waals surface area (Å²) in [7, 11) is 1.23. The van der Waals surface area contributed by atoms with Crippen molar-refractivity contribution in [1.29, 1.82) is 0 Å². The molecule has 22 heavy (non-hydrogen) atoms. The van der Waals surface area contributed by atoms with Crippen LogP contribution in [0.1, 0.15) is 0 Å². The first kappa shape index (κ1) is 16.1. The van der Waals surface area contributed by atoms with E-state index in [0.29, 0.717) is 23.3 Å². The molecule has 2 amide bonds. The second kappa shape index (κ2) is 7.14. The molecule has 0 aliphatic heterocycles. The number of nitrogens with one attached hydrogen (secondary N) is 1. The number of ether oxygens (including phenoxy) is 1. The fourth-order valence-corrected chi connectivity index (χ4v) is 2.24. The van der Waals surface area contributed by atoms with Crippen molar-refractivity contribution in [2.45, 2.75) is 0 Å². The zero-order valence-electron chi connectivity index (χ0n) is 12.3. The lowest BCUT2D eigenvalue weighted by atomic mass is 10.3. The van der Waals surface area contributed by atoms with Crippen LogP contribution in [0.5, 0.6) is 0 Å². The maximum Gasteiger partial charge on any atom is 0.413 e. The van der Waals surface area contributed by atoms with Gasteiger partial charge in [-0.15, -0.1) is 0 Å². The van der Waals surface area contributed by atoms with E-state index in [1.54, 1.807) is 36.0 Å². The lowest BCUT2D eigenvalue weighted by molar-refractivity contribution is 0.186. The minimum atomic E-state index is -0.711. The number of carbonyl (C=O) groups excluding carboxylic acids is 2. The summed E-state index contributed by atoms with van der Waals surface area (Å²) in [6, 6.07) is 6.56. The van der Waals surface area contributed by atoms with Gasteiger partial charge < -0.3 is 4.74 Å². The van der Waals surface area contributed by atoms with Crippen LogP contribution in [0.2, 0.25) is 0 Å². The fraction of sp³-hybridized carbons (Fsp3) is 0.308. The molecule has 8 nitrogen and oxygen atoms in total. The lowest BCUT2D eigenvalue weighted by Gasteiger charge is -2.18. The van der Waals surface area contributed by atoms with E-state index in [0.717, 1.165) is 5.01 Å². The molecule has 1 heterocycles. The zero-order chi connectivity index (χ0) is 16.1. The van der Waals surface area contributed by atoms with Gasteiger partial charge in [-0.3, -0.25) is 10.3 Å². The number of carbonyl (C=O) groups is 2. The number of hydrogen-bond acceptors (Lipinski definition) is 6. The molecule has 0 radical (unpaired) electrons. The first-order valence-electron chi connectivity index (χ1n) is 6.46. The number of rotatable bonds is 4. The highest BCUT2D eigenvalue weighted by molar-refractivity contribution is 7.98. The van der Waals surface area contributed by atoms with Crippen LogP contribution in [0.3, 0.4) is 0 Å². The van der Waals surface area contributed by atoms with E-state index in [2.05, 4.69) is 15.0 Å². The van der Waals surface area contributed by atoms with Crippen molar-refractivity contribution in [3.63, 3.8) is 0 Å². The van der Waals surface area contributed by atoms with E-state index in [-0.39, 0.29) is 5.95 Å². The molecule has 3 N–H and O–H groups in total. The Morgan fingerprint density at radius 3 is 2.86 bits per heavy atom. The number of anilines is 1. The summed E-state index contributed by atoms with van der Waals surface area (Å²) in [6.07, 6.45) is 1.21. The smallest absolute Gasteiger partial charge is 0.413 e. The summed E-state index contributed by atoms with van der Waals surface area (Å²) in [5.41, 5.74) is 1.12. The number of para-hydroxylation sites is 2. The quantitative estimate of drug-likeness (QED) is 0.504. The second-order valence-electron chi connectivity index (χ2n) is 4.34. The number of hydrogen-bond donors (Lipinski definition) is 2. The summed E-state index contributed by atoms with van der Waals surface area (Å²) in [5.74, 6) is 6.57. The van der Waals surface area contributed by atoms with E-state index in [1.807, 2.05) is 6.26 Å². The number of methoxy groups -OCH3 is 1. The van der Waals surface area contributed by atoms with Crippen LogP contribution in [0, 0.1) is 0 Å². The van der Waals surface area contributed by atoms with Gasteiger partial charge in [0.05, 0.1) is 18.1 Å². The van der Waals surface area contributed by atoms with E-state index in [9.17, 15) is 9.59 Å². The van der Waals surface area contributed by atoms with Crippen LogP contribution >= 0.6 is 11.8 Å². The van der Waals surface area contributed by atoms with Gasteiger partial charge in [-0.25, -0.2) is 25.0 Å². The minimum Gasteiger partial charge on any atom is -0.453 e. The minimum absolute atomic E-state index is 0.0673. The Bertz CT molecular complexity index is 687. The predicted octanol–water partition coefficient (Wildman–Crippen LogP) is 1.72. The molecule has 2 aromatic rings. The van der Waals surface area contributed by atoms with Gasteiger partial charge in [-0.1, -0.05) is 12.1 Å². The highest BCUT2D eigenvalue weighted by Crippen LogP contribution is 2.20. The normalized spacial score (nSPS) is 10.5. The highest BCUT2D eigenvalue weighted by Gasteiger charge is 2.21. The van der Waals surface area contributed by atoms with Crippen LogP contribution in [0.25, 0.3) is 11.0 Å². The Labute approximate surface area is 131 Å². The van der Waals surface area contributed by atoms with E-state index in [4.69, 9.17) is 5.84 Å². The summed E-state index contributed by atoms with van der Waals surface area (Å²) in [4.78, 5) is 28.2. The third-order valence-electron chi connectivity index (χ3n) is 2.93. The molecular weight excluding hydrogens is 306 g/mol. The Balaban J connectivity index is 2.42. The summed E-state index contributed by atoms with van der Waals surface area (Å²) >= 11 is 1.58. The summed E-state index contributed by atoms with van der Waals surface area (Å²) in [6.45, 7) is 0.379. The largest absolute Gasteiger partial charge is 0.453 e. The molecule has 0 saturated carbocycles. The predicted molar refractivity (Wildman–Crippen MR) is 85.8 cm³/mol. The van der Waals surface area contributed by atoms with E-state index < -0.39 is 12.1 Å². The standard InChI is InChI=1S/C13H17N5O3S/c1-21-12(19)16-11-15-9-5-3-4-6-10(9)18(11)13(20)17(14)7-8-22-2/h3-6H,7-8,14H2,1-2H3,(H,15,16,19). The Morgan fingerprint density at radius 2 is 2.18 bits per heavy atom. The molecule has 1 aromatic heterocycles. The van der Waals surface area contributed by atoms with Crippen molar-refractivity contribution >= 4 is 40.9 Å². The molecule has 0 fully saturated rings. The number of fused-ring (bicyclic) bond motifs is 1. The van der Waals surface area contributed by atoms with Crippen LogP contribution in [0.15, 0.2) is 24.3 Å². The average Bonchev–Trinajstić information content (AvgIpc) is 2.89. The van der Waals surface area contributed by atoms with Gasteiger partial charge in [0, 0.05) is 12.3 Å². The number of nitrogens with two attached hydrogens (primary N) is 1. The van der Waals surface area contributed by atoms with Crippen molar-refractivity contribution < 1.29 is 14.3 Å². The molecule has 9 heteroatoms. The van der Waals surface area contributed by atoms with Gasteiger partial charge in [0.2, 0.25) is 5.95 Å². The van der Waals surface area contributed by atoms with Crippen molar-refractivity contribution in [2.24, 2.45) is 5.84 Å². The Kier molecular flexibility index (Phi) is 5.23. The number of aromatic nitrogens is 2. The molecule has 0 spiro atoms. The number of thioether (sulfide) groups is 1. The van der Waals surface area contributed by atoms with E-state index >= 15 is 0 Å². The first-order chi connectivity index (χ1) is 10.6. The molecule has 0 aliphatic rings. The zero-order valence-corrected chi connectivity index (χ0v) is 13.1. The maximum absolute atomic E-state index is 12.5. The topological polar surface area (TPSA) is 102 Å². The van der Waals surface area contributed by atoms with Gasteiger partial charge in [-0.2, -0.15) is 11.8 Å². The van der Waals surface area contributed by atoms with Gasteiger partial charge in [0.25, 0.3) is 0 Å². The SMILES string of the molecule is COC(=O)Nc1nc2ccccc2n1C(=O)N(N)CCSC. The van der Waals surface area contributed by atoms with Crippen molar-refractivity contribution in [3.8, 4) is 0 Å². The van der Waals surface area contributed by atoms with E-state index in [1.165, 1.54) is 11.7 Å². The molecule has 0 bridgehead atoms. The number of hydrazine groups is 1. The molecular formula is C13H17N5O3S. The maximum atomic E-state index is 12.5. The Morgan fingerprint density at radius 1 is 1.45 bits per heavy atom. The monoisotopic (exact) mass is 323 g/mol. The number of nitrogens with zero attached hydrogens (tertiary/aromatic N) is 3.